The van der Waals surface area contributed by atoms with Gasteiger partial charge in [-0.25, -0.2) is 0 Å². The Labute approximate surface area is 151 Å². The highest BCUT2D eigenvalue weighted by Gasteiger charge is 2.34. The van der Waals surface area contributed by atoms with Gasteiger partial charge >= 0.3 is 0 Å². The molecule has 0 saturated carbocycles. The van der Waals surface area contributed by atoms with E-state index in [1.807, 2.05) is 24.3 Å². The number of benzene rings is 1. The van der Waals surface area contributed by atoms with E-state index >= 15 is 0 Å². The largest absolute Gasteiger partial charge is 0.492 e. The van der Waals surface area contributed by atoms with Gasteiger partial charge in [-0.05, 0) is 37.2 Å². The van der Waals surface area contributed by atoms with Gasteiger partial charge in [0.15, 0.2) is 11.5 Å². The number of aromatic nitrogens is 1. The molecule has 4 rings (SSSR count). The monoisotopic (exact) mass is 355 g/mol. The molecule has 0 amide bonds. The fourth-order valence-corrected chi connectivity index (χ4v) is 3.70. The van der Waals surface area contributed by atoms with Crippen LogP contribution in [0.1, 0.15) is 29.3 Å². The molecule has 0 spiro atoms. The molecule has 0 radical (unpaired) electrons. The normalized spacial score (nSPS) is 19.3. The number of hydrogen-bond donors (Lipinski definition) is 1. The van der Waals surface area contributed by atoms with Crippen molar-refractivity contribution in [1.29, 1.82) is 0 Å². The maximum Gasteiger partial charge on any atom is 0.231 e. The maximum atomic E-state index is 9.58. The topological polar surface area (TPSA) is 76.4 Å². The molecule has 7 heteroatoms. The van der Waals surface area contributed by atoms with Crippen LogP contribution in [-0.4, -0.2) is 48.3 Å². The summed E-state index contributed by atoms with van der Waals surface area (Å²) >= 11 is 0. The Morgan fingerprint density at radius 1 is 1.42 bits per heavy atom. The lowest BCUT2D eigenvalue weighted by Gasteiger charge is -2.35. The molecule has 1 atom stereocenters. The maximum absolute atomic E-state index is 9.58. The van der Waals surface area contributed by atoms with Gasteiger partial charge in [-0.3, -0.25) is 9.88 Å². The van der Waals surface area contributed by atoms with Gasteiger partial charge in [-0.1, -0.05) is 11.2 Å². The van der Waals surface area contributed by atoms with E-state index in [1.165, 1.54) is 5.56 Å². The molecule has 0 fully saturated rings. The highest BCUT2D eigenvalue weighted by Crippen LogP contribution is 2.50. The number of fused-ring (bicyclic) bond motifs is 2. The van der Waals surface area contributed by atoms with Gasteiger partial charge in [0.05, 0.1) is 12.8 Å². The van der Waals surface area contributed by atoms with Crippen molar-refractivity contribution >= 4 is 5.71 Å². The average molecular weight is 355 g/mol. The van der Waals surface area contributed by atoms with Crippen LogP contribution < -0.4 is 14.2 Å². The number of nitrogens with zero attached hydrogens (tertiary/aromatic N) is 3. The van der Waals surface area contributed by atoms with Crippen molar-refractivity contribution in [1.82, 2.24) is 9.88 Å². The lowest BCUT2D eigenvalue weighted by molar-refractivity contribution is 0.170. The Morgan fingerprint density at radius 3 is 3.04 bits per heavy atom. The van der Waals surface area contributed by atoms with E-state index in [-0.39, 0.29) is 12.8 Å². The van der Waals surface area contributed by atoms with Crippen molar-refractivity contribution in [3.63, 3.8) is 0 Å². The van der Waals surface area contributed by atoms with Crippen molar-refractivity contribution in [2.24, 2.45) is 5.16 Å². The Hall–Kier alpha value is -2.80. The fraction of sp³-hybridized carbons (Fsp3) is 0.368. The van der Waals surface area contributed by atoms with E-state index in [0.717, 1.165) is 24.3 Å². The molecular weight excluding hydrogens is 334 g/mol. The molecule has 1 unspecified atom stereocenters. The van der Waals surface area contributed by atoms with Crippen LogP contribution in [0.4, 0.5) is 0 Å². The minimum atomic E-state index is -0.0175. The predicted octanol–water partition coefficient (Wildman–Crippen LogP) is 2.62. The zero-order valence-corrected chi connectivity index (χ0v) is 14.8. The third-order valence-electron chi connectivity index (χ3n) is 5.01. The SMILES string of the molecule is COc1c2c(cc3c1C(C/C(=N/O)c1ccccn1)N(C)CC3)OCO2. The molecule has 3 heterocycles. The van der Waals surface area contributed by atoms with Crippen LogP contribution >= 0.6 is 0 Å². The number of rotatable bonds is 4. The first-order valence-corrected chi connectivity index (χ1v) is 8.55. The second-order valence-electron chi connectivity index (χ2n) is 6.43. The quantitative estimate of drug-likeness (QED) is 0.516. The van der Waals surface area contributed by atoms with Crippen LogP contribution in [0.2, 0.25) is 0 Å². The molecule has 1 N–H and O–H groups in total. The zero-order valence-electron chi connectivity index (χ0n) is 14.8. The van der Waals surface area contributed by atoms with Gasteiger partial charge in [-0.15, -0.1) is 0 Å². The molecule has 0 saturated heterocycles. The summed E-state index contributed by atoms with van der Waals surface area (Å²) in [5, 5.41) is 13.1. The molecule has 136 valence electrons. The van der Waals surface area contributed by atoms with Gasteiger partial charge in [-0.2, -0.15) is 0 Å². The van der Waals surface area contributed by atoms with E-state index in [4.69, 9.17) is 14.2 Å². The molecule has 0 aliphatic carbocycles. The minimum absolute atomic E-state index is 0.0175. The molecule has 0 bridgehead atoms. The molecule has 1 aromatic carbocycles. The standard InChI is InChI=1S/C19H21N3O4/c1-22-8-6-12-9-16-18(26-11-25-16)19(24-2)17(12)15(22)10-14(21-23)13-5-3-4-7-20-13/h3-5,7,9,15,23H,6,8,10-11H2,1-2H3/b21-14-. The first kappa shape index (κ1) is 16.7. The third-order valence-corrected chi connectivity index (χ3v) is 5.01. The Kier molecular flexibility index (Phi) is 4.38. The lowest BCUT2D eigenvalue weighted by atomic mass is 9.88. The van der Waals surface area contributed by atoms with E-state index < -0.39 is 0 Å². The smallest absolute Gasteiger partial charge is 0.231 e. The van der Waals surface area contributed by atoms with Crippen molar-refractivity contribution < 1.29 is 19.4 Å². The van der Waals surface area contributed by atoms with Crippen molar-refractivity contribution in [2.75, 3.05) is 27.5 Å². The summed E-state index contributed by atoms with van der Waals surface area (Å²) in [7, 11) is 3.70. The molecule has 2 aliphatic heterocycles. The van der Waals surface area contributed by atoms with Crippen LogP contribution in [0.25, 0.3) is 0 Å². The molecule has 26 heavy (non-hydrogen) atoms. The fourth-order valence-electron chi connectivity index (χ4n) is 3.70. The van der Waals surface area contributed by atoms with Gasteiger partial charge in [0, 0.05) is 30.8 Å². The number of likely N-dealkylation sites (N-methyl/N-ethyl adjacent to an activating group) is 1. The second kappa shape index (κ2) is 6.84. The number of pyridine rings is 1. The Bertz CT molecular complexity index is 838. The van der Waals surface area contributed by atoms with Crippen molar-refractivity contribution in [2.45, 2.75) is 18.9 Å². The summed E-state index contributed by atoms with van der Waals surface area (Å²) in [6, 6.07) is 7.58. The van der Waals surface area contributed by atoms with E-state index in [0.29, 0.717) is 29.3 Å². The summed E-state index contributed by atoms with van der Waals surface area (Å²) in [6.45, 7) is 1.09. The molecule has 2 aliphatic rings. The average Bonchev–Trinajstić information content (AvgIpc) is 3.14. The van der Waals surface area contributed by atoms with Crippen LogP contribution in [-0.2, 0) is 6.42 Å². The first-order chi connectivity index (χ1) is 12.7. The third kappa shape index (κ3) is 2.74. The van der Waals surface area contributed by atoms with Crippen LogP contribution in [0.5, 0.6) is 17.2 Å². The summed E-state index contributed by atoms with van der Waals surface area (Å²) in [5.74, 6) is 2.07. The van der Waals surface area contributed by atoms with Gasteiger partial charge < -0.3 is 19.4 Å². The Balaban J connectivity index is 1.76. The van der Waals surface area contributed by atoms with Gasteiger partial charge in [0.25, 0.3) is 0 Å². The summed E-state index contributed by atoms with van der Waals surface area (Å²) in [6.07, 6.45) is 3.09. The number of ether oxygens (including phenoxy) is 3. The minimum Gasteiger partial charge on any atom is -0.492 e. The molecular formula is C19H21N3O4. The predicted molar refractivity (Wildman–Crippen MR) is 95.4 cm³/mol. The summed E-state index contributed by atoms with van der Waals surface area (Å²) in [4.78, 5) is 6.55. The highest BCUT2D eigenvalue weighted by molar-refractivity contribution is 5.99. The van der Waals surface area contributed by atoms with E-state index in [1.54, 1.807) is 13.3 Å². The lowest BCUT2D eigenvalue weighted by Crippen LogP contribution is -2.34. The summed E-state index contributed by atoms with van der Waals surface area (Å²) in [5.41, 5.74) is 3.43. The Morgan fingerprint density at radius 2 is 2.31 bits per heavy atom. The van der Waals surface area contributed by atoms with E-state index in [2.05, 4.69) is 22.1 Å². The number of hydrogen-bond acceptors (Lipinski definition) is 7. The summed E-state index contributed by atoms with van der Waals surface area (Å²) < 4.78 is 16.9. The molecule has 1 aromatic heterocycles. The van der Waals surface area contributed by atoms with Crippen LogP contribution in [0.15, 0.2) is 35.6 Å². The van der Waals surface area contributed by atoms with Crippen LogP contribution in [0.3, 0.4) is 0 Å². The van der Waals surface area contributed by atoms with E-state index in [9.17, 15) is 5.21 Å². The van der Waals surface area contributed by atoms with Gasteiger partial charge in [0.1, 0.15) is 5.71 Å². The molecule has 7 nitrogen and oxygen atoms in total. The molecule has 2 aromatic rings. The highest BCUT2D eigenvalue weighted by atomic mass is 16.7. The first-order valence-electron chi connectivity index (χ1n) is 8.55. The second-order valence-corrected chi connectivity index (χ2v) is 6.43. The van der Waals surface area contributed by atoms with Crippen molar-refractivity contribution in [3.8, 4) is 17.2 Å². The number of methoxy groups -OCH3 is 1. The van der Waals surface area contributed by atoms with Gasteiger partial charge in [0.2, 0.25) is 12.5 Å². The van der Waals surface area contributed by atoms with Crippen molar-refractivity contribution in [3.05, 3.63) is 47.3 Å². The number of oxime groups is 1. The van der Waals surface area contributed by atoms with Crippen LogP contribution in [0, 0.1) is 0 Å². The zero-order chi connectivity index (χ0) is 18.1.